The number of nitrogens with zero attached hydrogens (tertiary/aromatic N) is 4. The number of aromatic nitrogens is 3. The Morgan fingerprint density at radius 3 is 2.34 bits per heavy atom. The monoisotopic (exact) mass is 574 g/mol. The number of ketones is 1. The van der Waals surface area contributed by atoms with Gasteiger partial charge in [0.2, 0.25) is 15.8 Å². The lowest BCUT2D eigenvalue weighted by atomic mass is 10.0. The highest BCUT2D eigenvalue weighted by Gasteiger charge is 2.48. The van der Waals surface area contributed by atoms with Gasteiger partial charge >= 0.3 is 6.18 Å². The molecule has 0 aliphatic carbocycles. The number of benzene rings is 1. The van der Waals surface area contributed by atoms with E-state index in [1.807, 2.05) is 0 Å². The zero-order valence-electron chi connectivity index (χ0n) is 19.7. The van der Waals surface area contributed by atoms with Crippen LogP contribution in [0.1, 0.15) is 31.3 Å². The summed E-state index contributed by atoms with van der Waals surface area (Å²) in [6, 6.07) is 3.10. The molecule has 1 aromatic carbocycles. The van der Waals surface area contributed by atoms with Gasteiger partial charge in [0.15, 0.2) is 5.78 Å². The van der Waals surface area contributed by atoms with Gasteiger partial charge in [0.25, 0.3) is 0 Å². The third-order valence-electron chi connectivity index (χ3n) is 6.20. The first-order chi connectivity index (χ1) is 17.8. The quantitative estimate of drug-likeness (QED) is 0.367. The van der Waals surface area contributed by atoms with Crippen LogP contribution in [0.4, 0.5) is 22.0 Å². The third-order valence-corrected chi connectivity index (χ3v) is 8.51. The van der Waals surface area contributed by atoms with E-state index in [2.05, 4.69) is 15.0 Å². The van der Waals surface area contributed by atoms with E-state index in [1.165, 1.54) is 19.2 Å². The minimum Gasteiger partial charge on any atom is -0.298 e. The molecule has 0 amide bonds. The first-order valence-electron chi connectivity index (χ1n) is 11.3. The van der Waals surface area contributed by atoms with Gasteiger partial charge in [-0.25, -0.2) is 27.2 Å². The number of alkyl halides is 4. The molecule has 1 fully saturated rings. The number of rotatable bonds is 7. The molecule has 7 nitrogen and oxygen atoms in total. The van der Waals surface area contributed by atoms with Crippen molar-refractivity contribution < 1.29 is 35.2 Å². The van der Waals surface area contributed by atoms with Crippen molar-refractivity contribution in [2.24, 2.45) is 0 Å². The van der Waals surface area contributed by atoms with E-state index in [0.717, 1.165) is 41.0 Å². The Morgan fingerprint density at radius 2 is 1.74 bits per heavy atom. The van der Waals surface area contributed by atoms with Gasteiger partial charge in [-0.15, -0.1) is 0 Å². The Kier molecular flexibility index (Phi) is 7.82. The standard InChI is InChI=1S/C24H20ClF5N4O3S/c1-13-20(27)9-21(34(13)38(36,37)17-5-2-15(26)3-6-17)22(35)7-4-16-8-18(19(25)12-31-16)14-10-32-23(33-11-14)24(28,29)30/h2-3,5-6,8,10-13,20-21H,4,7,9H2,1H3/t13-,20+,21-/m0/s1. The molecule has 202 valence electrons. The van der Waals surface area contributed by atoms with E-state index >= 15 is 0 Å². The lowest BCUT2D eigenvalue weighted by Gasteiger charge is -2.26. The van der Waals surface area contributed by atoms with Crippen molar-refractivity contribution in [2.75, 3.05) is 0 Å². The Balaban J connectivity index is 1.52. The molecule has 3 heterocycles. The number of carbonyl (C=O) groups excluding carboxylic acids is 1. The maximum atomic E-state index is 14.6. The Morgan fingerprint density at radius 1 is 1.11 bits per heavy atom. The van der Waals surface area contributed by atoms with Crippen molar-refractivity contribution in [3.63, 3.8) is 0 Å². The van der Waals surface area contributed by atoms with Gasteiger partial charge in [0.05, 0.1) is 22.0 Å². The zero-order valence-corrected chi connectivity index (χ0v) is 21.2. The number of carbonyl (C=O) groups is 1. The Hall–Kier alpha value is -3.03. The van der Waals surface area contributed by atoms with Gasteiger partial charge in [-0.1, -0.05) is 11.6 Å². The average Bonchev–Trinajstić information content (AvgIpc) is 3.18. The Labute approximate surface area is 219 Å². The van der Waals surface area contributed by atoms with Crippen LogP contribution in [0.2, 0.25) is 5.02 Å². The van der Waals surface area contributed by atoms with Crippen LogP contribution in [0.5, 0.6) is 0 Å². The molecule has 4 rings (SSSR count). The zero-order chi connectivity index (χ0) is 27.8. The fraction of sp³-hybridized carbons (Fsp3) is 0.333. The summed E-state index contributed by atoms with van der Waals surface area (Å²) in [5.41, 5.74) is 0.824. The second-order valence-electron chi connectivity index (χ2n) is 8.71. The molecule has 0 N–H and O–H groups in total. The van der Waals surface area contributed by atoms with E-state index in [0.29, 0.717) is 5.69 Å². The summed E-state index contributed by atoms with van der Waals surface area (Å²) in [4.78, 5) is 23.6. The van der Waals surface area contributed by atoms with Crippen LogP contribution < -0.4 is 0 Å². The summed E-state index contributed by atoms with van der Waals surface area (Å²) in [5.74, 6) is -2.50. The highest BCUT2D eigenvalue weighted by Crippen LogP contribution is 2.35. The van der Waals surface area contributed by atoms with Crippen molar-refractivity contribution in [3.05, 3.63) is 71.3 Å². The number of halogens is 6. The Bertz CT molecular complexity index is 1440. The number of Topliss-reactive ketones (excluding diaryl/α,β-unsaturated/α-hetero) is 1. The molecule has 0 unspecified atom stereocenters. The van der Waals surface area contributed by atoms with Crippen molar-refractivity contribution in [2.45, 2.75) is 55.5 Å². The maximum Gasteiger partial charge on any atom is 0.451 e. The van der Waals surface area contributed by atoms with Crippen molar-refractivity contribution in [3.8, 4) is 11.1 Å². The predicted molar refractivity (Wildman–Crippen MR) is 127 cm³/mol. The lowest BCUT2D eigenvalue weighted by Crippen LogP contribution is -2.44. The molecule has 1 aliphatic rings. The molecule has 0 saturated carbocycles. The minimum atomic E-state index is -4.71. The van der Waals surface area contributed by atoms with E-state index in [4.69, 9.17) is 11.6 Å². The predicted octanol–water partition coefficient (Wildman–Crippen LogP) is 5.04. The molecule has 0 radical (unpaired) electrons. The molecule has 3 atom stereocenters. The first kappa shape index (κ1) is 28.0. The molecule has 1 aliphatic heterocycles. The number of hydrogen-bond acceptors (Lipinski definition) is 6. The van der Waals surface area contributed by atoms with Crippen molar-refractivity contribution in [1.82, 2.24) is 19.3 Å². The van der Waals surface area contributed by atoms with Crippen molar-refractivity contribution in [1.29, 1.82) is 0 Å². The summed E-state index contributed by atoms with van der Waals surface area (Å²) in [6.45, 7) is 1.36. The van der Waals surface area contributed by atoms with Gasteiger partial charge in [-0.05, 0) is 43.7 Å². The first-order valence-corrected chi connectivity index (χ1v) is 13.1. The smallest absolute Gasteiger partial charge is 0.298 e. The molecule has 38 heavy (non-hydrogen) atoms. The molecule has 1 saturated heterocycles. The highest BCUT2D eigenvalue weighted by molar-refractivity contribution is 7.89. The topological polar surface area (TPSA) is 93.1 Å². The normalized spacial score (nSPS) is 20.6. The third kappa shape index (κ3) is 5.69. The molecular weight excluding hydrogens is 555 g/mol. The number of aryl methyl sites for hydroxylation is 1. The number of hydrogen-bond donors (Lipinski definition) is 0. The van der Waals surface area contributed by atoms with Crippen LogP contribution in [-0.2, 0) is 27.4 Å². The van der Waals surface area contributed by atoms with Crippen LogP contribution >= 0.6 is 11.6 Å². The maximum absolute atomic E-state index is 14.6. The molecular formula is C24H20ClF5N4O3S. The van der Waals surface area contributed by atoms with Crippen LogP contribution in [0.3, 0.4) is 0 Å². The average molecular weight is 575 g/mol. The van der Waals surface area contributed by atoms with Gasteiger partial charge in [-0.3, -0.25) is 9.78 Å². The summed E-state index contributed by atoms with van der Waals surface area (Å²) in [6.07, 6.45) is -3.61. The van der Waals surface area contributed by atoms with Crippen LogP contribution in [0.25, 0.3) is 11.1 Å². The lowest BCUT2D eigenvalue weighted by molar-refractivity contribution is -0.145. The molecule has 0 spiro atoms. The second-order valence-corrected chi connectivity index (χ2v) is 11.0. The summed E-state index contributed by atoms with van der Waals surface area (Å²) < 4.78 is 93.4. The van der Waals surface area contributed by atoms with E-state index < -0.39 is 51.9 Å². The summed E-state index contributed by atoms with van der Waals surface area (Å²) in [5, 5.41) is 0.116. The largest absolute Gasteiger partial charge is 0.451 e. The molecule has 2 aromatic heterocycles. The SMILES string of the molecule is C[C@H]1[C@H](F)C[C@@H](C(=O)CCc2cc(-c3cnc(C(F)(F)F)nc3)c(Cl)cn2)N1S(=O)(=O)c1ccc(F)cc1. The molecule has 14 heteroatoms. The summed E-state index contributed by atoms with van der Waals surface area (Å²) >= 11 is 6.15. The van der Waals surface area contributed by atoms with Gasteiger partial charge in [0.1, 0.15) is 12.0 Å². The van der Waals surface area contributed by atoms with Crippen molar-refractivity contribution >= 4 is 27.4 Å². The van der Waals surface area contributed by atoms with E-state index in [-0.39, 0.29) is 40.3 Å². The van der Waals surface area contributed by atoms with E-state index in [1.54, 1.807) is 0 Å². The number of pyridine rings is 1. The molecule has 3 aromatic rings. The minimum absolute atomic E-state index is 0.0246. The van der Waals surface area contributed by atoms with Gasteiger partial charge in [-0.2, -0.15) is 17.5 Å². The summed E-state index contributed by atoms with van der Waals surface area (Å²) in [7, 11) is -4.30. The van der Waals surface area contributed by atoms with Crippen LogP contribution in [0.15, 0.2) is 53.8 Å². The highest BCUT2D eigenvalue weighted by atomic mass is 35.5. The fourth-order valence-electron chi connectivity index (χ4n) is 4.22. The van der Waals surface area contributed by atoms with Crippen LogP contribution in [0, 0.1) is 5.82 Å². The fourth-order valence-corrected chi connectivity index (χ4v) is 6.26. The second kappa shape index (κ2) is 10.6. The van der Waals surface area contributed by atoms with Gasteiger partial charge in [0, 0.05) is 48.3 Å². The van der Waals surface area contributed by atoms with E-state index in [9.17, 15) is 35.2 Å². The van der Waals surface area contributed by atoms with Gasteiger partial charge < -0.3 is 0 Å². The molecule has 0 bridgehead atoms. The van der Waals surface area contributed by atoms with Crippen LogP contribution in [-0.4, -0.2) is 51.7 Å². The number of sulfonamides is 1.